The van der Waals surface area contributed by atoms with Crippen molar-refractivity contribution in [1.29, 1.82) is 5.26 Å². The molecule has 0 aliphatic carbocycles. The highest BCUT2D eigenvalue weighted by Gasteiger charge is 2.24. The molecule has 2 aromatic rings. The van der Waals surface area contributed by atoms with Crippen molar-refractivity contribution >= 4 is 11.7 Å². The van der Waals surface area contributed by atoms with Crippen LogP contribution >= 0.6 is 0 Å². The molecule has 1 N–H and O–H groups in total. The minimum atomic E-state index is -0.176. The number of nitrogens with one attached hydrogen (secondary N) is 1. The summed E-state index contributed by atoms with van der Waals surface area (Å²) >= 11 is 0. The summed E-state index contributed by atoms with van der Waals surface area (Å²) in [5.41, 5.74) is 0.901. The van der Waals surface area contributed by atoms with E-state index in [1.165, 1.54) is 4.57 Å². The number of aryl methyl sites for hydroxylation is 1. The van der Waals surface area contributed by atoms with Crippen LogP contribution in [-0.4, -0.2) is 34.6 Å². The van der Waals surface area contributed by atoms with Gasteiger partial charge in [0.15, 0.2) is 5.82 Å². The molecule has 7 nitrogen and oxygen atoms in total. The van der Waals surface area contributed by atoms with Gasteiger partial charge in [0.1, 0.15) is 0 Å². The molecule has 1 aromatic heterocycles. The number of aromatic nitrogens is 2. The van der Waals surface area contributed by atoms with Crippen LogP contribution in [-0.2, 0) is 7.05 Å². The fourth-order valence-electron chi connectivity index (χ4n) is 2.95. The molecule has 3 rings (SSSR count). The fourth-order valence-corrected chi connectivity index (χ4v) is 2.95. The first kappa shape index (κ1) is 16.7. The van der Waals surface area contributed by atoms with Crippen LogP contribution < -0.4 is 15.8 Å². The standard InChI is InChI=1S/C18H19N5O2/c1-22-10-8-20-16(18(22)25)23-9-2-3-15(12-23)21-17(24)14-6-4-13(11-19)5-7-14/h4-8,10,15H,2-3,9,12H2,1H3,(H,21,24)/t15-/m1/s1. The lowest BCUT2D eigenvalue weighted by Crippen LogP contribution is -2.49. The molecule has 25 heavy (non-hydrogen) atoms. The number of hydrogen-bond acceptors (Lipinski definition) is 5. The first-order valence-electron chi connectivity index (χ1n) is 8.16. The maximum Gasteiger partial charge on any atom is 0.293 e. The maximum absolute atomic E-state index is 12.4. The first-order chi connectivity index (χ1) is 12.1. The molecule has 0 radical (unpaired) electrons. The molecule has 1 aromatic carbocycles. The number of anilines is 1. The van der Waals surface area contributed by atoms with Gasteiger partial charge in [0.25, 0.3) is 11.5 Å². The van der Waals surface area contributed by atoms with E-state index in [-0.39, 0.29) is 17.5 Å². The van der Waals surface area contributed by atoms with E-state index in [4.69, 9.17) is 5.26 Å². The van der Waals surface area contributed by atoms with E-state index < -0.39 is 0 Å². The number of carbonyl (C=O) groups is 1. The number of hydrogen-bond donors (Lipinski definition) is 1. The van der Waals surface area contributed by atoms with Crippen molar-refractivity contribution in [3.8, 4) is 6.07 Å². The lowest BCUT2D eigenvalue weighted by molar-refractivity contribution is 0.0933. The topological polar surface area (TPSA) is 91.0 Å². The molecule has 1 fully saturated rings. The van der Waals surface area contributed by atoms with Gasteiger partial charge in [-0.3, -0.25) is 9.59 Å². The van der Waals surface area contributed by atoms with Crippen molar-refractivity contribution in [3.05, 3.63) is 58.1 Å². The third-order valence-electron chi connectivity index (χ3n) is 4.33. The SMILES string of the molecule is Cn1ccnc(N2CCC[C@@H](NC(=O)c3ccc(C#N)cc3)C2)c1=O. The monoisotopic (exact) mass is 337 g/mol. The van der Waals surface area contributed by atoms with Gasteiger partial charge in [-0.1, -0.05) is 0 Å². The van der Waals surface area contributed by atoms with Crippen LogP contribution in [0.25, 0.3) is 0 Å². The van der Waals surface area contributed by atoms with E-state index in [1.54, 1.807) is 43.7 Å². The van der Waals surface area contributed by atoms with Gasteiger partial charge in [0.2, 0.25) is 0 Å². The van der Waals surface area contributed by atoms with E-state index in [9.17, 15) is 9.59 Å². The second-order valence-corrected chi connectivity index (χ2v) is 6.11. The molecule has 0 spiro atoms. The summed E-state index contributed by atoms with van der Waals surface area (Å²) in [6, 6.07) is 8.51. The molecule has 0 unspecified atom stereocenters. The van der Waals surface area contributed by atoms with Gasteiger partial charge in [0.05, 0.1) is 11.6 Å². The van der Waals surface area contributed by atoms with Gasteiger partial charge >= 0.3 is 0 Å². The zero-order valence-electron chi connectivity index (χ0n) is 14.0. The quantitative estimate of drug-likeness (QED) is 0.904. The van der Waals surface area contributed by atoms with Gasteiger partial charge in [-0.05, 0) is 37.1 Å². The first-order valence-corrected chi connectivity index (χ1v) is 8.16. The van der Waals surface area contributed by atoms with E-state index in [0.717, 1.165) is 19.4 Å². The number of benzene rings is 1. The summed E-state index contributed by atoms with van der Waals surface area (Å²) < 4.78 is 1.50. The smallest absolute Gasteiger partial charge is 0.293 e. The van der Waals surface area contributed by atoms with Crippen LogP contribution in [0.15, 0.2) is 41.5 Å². The van der Waals surface area contributed by atoms with Crippen LogP contribution in [0.5, 0.6) is 0 Å². The third-order valence-corrected chi connectivity index (χ3v) is 4.33. The Labute approximate surface area is 145 Å². The molecule has 1 saturated heterocycles. The van der Waals surface area contributed by atoms with E-state index in [2.05, 4.69) is 10.3 Å². The minimum absolute atomic E-state index is 0.0522. The second-order valence-electron chi connectivity index (χ2n) is 6.11. The zero-order chi connectivity index (χ0) is 17.8. The highest BCUT2D eigenvalue weighted by Crippen LogP contribution is 2.15. The van der Waals surface area contributed by atoms with Crippen LogP contribution in [0.1, 0.15) is 28.8 Å². The molecule has 7 heteroatoms. The minimum Gasteiger partial charge on any atom is -0.350 e. The summed E-state index contributed by atoms with van der Waals surface area (Å²) in [5.74, 6) is 0.243. The normalized spacial score (nSPS) is 17.0. The molecule has 1 aliphatic heterocycles. The van der Waals surface area contributed by atoms with E-state index in [0.29, 0.717) is 23.5 Å². The molecule has 2 heterocycles. The fraction of sp³-hybridized carbons (Fsp3) is 0.333. The van der Waals surface area contributed by atoms with Gasteiger partial charge < -0.3 is 14.8 Å². The number of nitrogens with zero attached hydrogens (tertiary/aromatic N) is 4. The van der Waals surface area contributed by atoms with Crippen molar-refractivity contribution in [3.63, 3.8) is 0 Å². The number of piperidine rings is 1. The highest BCUT2D eigenvalue weighted by molar-refractivity contribution is 5.94. The second kappa shape index (κ2) is 7.18. The molecule has 1 aliphatic rings. The van der Waals surface area contributed by atoms with Crippen molar-refractivity contribution in [1.82, 2.24) is 14.9 Å². The molecular weight excluding hydrogens is 318 g/mol. The van der Waals surface area contributed by atoms with E-state index in [1.807, 2.05) is 11.0 Å². The average Bonchev–Trinajstić information content (AvgIpc) is 2.64. The third kappa shape index (κ3) is 3.69. The molecule has 1 atom stereocenters. The highest BCUT2D eigenvalue weighted by atomic mass is 16.2. The predicted molar refractivity (Wildman–Crippen MR) is 93.3 cm³/mol. The lowest BCUT2D eigenvalue weighted by atomic mass is 10.0. The number of nitriles is 1. The van der Waals surface area contributed by atoms with E-state index >= 15 is 0 Å². The Morgan fingerprint density at radius 3 is 2.84 bits per heavy atom. The Morgan fingerprint density at radius 1 is 1.36 bits per heavy atom. The van der Waals surface area contributed by atoms with Crippen molar-refractivity contribution in [2.24, 2.45) is 7.05 Å². The molecule has 0 bridgehead atoms. The van der Waals surface area contributed by atoms with Crippen molar-refractivity contribution in [2.45, 2.75) is 18.9 Å². The number of rotatable bonds is 3. The van der Waals surface area contributed by atoms with Gasteiger partial charge in [0, 0.05) is 44.1 Å². The number of amides is 1. The summed E-state index contributed by atoms with van der Waals surface area (Å²) in [6.07, 6.45) is 4.96. The largest absolute Gasteiger partial charge is 0.350 e. The number of carbonyl (C=O) groups excluding carboxylic acids is 1. The lowest BCUT2D eigenvalue weighted by Gasteiger charge is -2.33. The van der Waals surface area contributed by atoms with Crippen LogP contribution in [0.2, 0.25) is 0 Å². The Balaban J connectivity index is 1.69. The van der Waals surface area contributed by atoms with Gasteiger partial charge in [-0.2, -0.15) is 5.26 Å². The van der Waals surface area contributed by atoms with Crippen LogP contribution in [0, 0.1) is 11.3 Å². The Hall–Kier alpha value is -3.14. The Morgan fingerprint density at radius 2 is 2.12 bits per heavy atom. The summed E-state index contributed by atoms with van der Waals surface area (Å²) in [6.45, 7) is 1.30. The molecule has 128 valence electrons. The summed E-state index contributed by atoms with van der Waals surface area (Å²) in [4.78, 5) is 30.7. The summed E-state index contributed by atoms with van der Waals surface area (Å²) in [5, 5.41) is 11.8. The van der Waals surface area contributed by atoms with Crippen molar-refractivity contribution < 1.29 is 4.79 Å². The van der Waals surface area contributed by atoms with Crippen LogP contribution in [0.4, 0.5) is 5.82 Å². The zero-order valence-corrected chi connectivity index (χ0v) is 14.0. The Kier molecular flexibility index (Phi) is 4.80. The molecule has 1 amide bonds. The maximum atomic E-state index is 12.4. The van der Waals surface area contributed by atoms with Crippen LogP contribution in [0.3, 0.4) is 0 Å². The Bertz CT molecular complexity index is 866. The van der Waals surface area contributed by atoms with Crippen molar-refractivity contribution in [2.75, 3.05) is 18.0 Å². The molecule has 0 saturated carbocycles. The van der Waals surface area contributed by atoms with Gasteiger partial charge in [-0.25, -0.2) is 4.98 Å². The predicted octanol–water partition coefficient (Wildman–Crippen LogP) is 1.05. The summed E-state index contributed by atoms with van der Waals surface area (Å²) in [7, 11) is 1.70. The van der Waals surface area contributed by atoms with Gasteiger partial charge in [-0.15, -0.1) is 0 Å². The average molecular weight is 337 g/mol. The molecular formula is C18H19N5O2.